The smallest absolute Gasteiger partial charge is 0.317 e. The Kier molecular flexibility index (Phi) is 6.43. The number of piperidine rings is 3. The van der Waals surface area contributed by atoms with E-state index in [9.17, 15) is 4.79 Å². The van der Waals surface area contributed by atoms with Gasteiger partial charge in [-0.1, -0.05) is 74.2 Å². The van der Waals surface area contributed by atoms with Gasteiger partial charge in [0.1, 0.15) is 25.0 Å². The summed E-state index contributed by atoms with van der Waals surface area (Å²) in [6.45, 7) is 3.96. The highest BCUT2D eigenvalue weighted by molar-refractivity contribution is 5.83. The SMILES string of the molecule is O=C(O[C@H]1C[N+]2(Cc3coc(-c4ccccc4)n3)CCC1CC2)C1(c2ccccc2)CCCCCC1. The highest BCUT2D eigenvalue weighted by Crippen LogP contribution is 2.42. The summed E-state index contributed by atoms with van der Waals surface area (Å²) in [5.41, 5.74) is 2.63. The minimum absolute atomic E-state index is 0.00987. The molecule has 0 unspecified atom stereocenters. The monoisotopic (exact) mass is 485 g/mol. The number of esters is 1. The lowest BCUT2D eigenvalue weighted by Gasteiger charge is -2.52. The zero-order valence-corrected chi connectivity index (χ0v) is 21.1. The Labute approximate surface area is 214 Å². The Balaban J connectivity index is 1.19. The van der Waals surface area contributed by atoms with Crippen LogP contribution >= 0.6 is 0 Å². The average Bonchev–Trinajstić information content (AvgIpc) is 3.23. The number of carbonyl (C=O) groups excluding carboxylic acids is 1. The number of oxazole rings is 1. The summed E-state index contributed by atoms with van der Waals surface area (Å²) in [6, 6.07) is 20.5. The molecule has 2 aromatic carbocycles. The van der Waals surface area contributed by atoms with Crippen LogP contribution in [0.15, 0.2) is 71.3 Å². The normalized spacial score (nSPS) is 27.3. The first-order valence-electron chi connectivity index (χ1n) is 13.8. The lowest BCUT2D eigenvalue weighted by Crippen LogP contribution is -2.64. The Morgan fingerprint density at radius 1 is 0.944 bits per heavy atom. The summed E-state index contributed by atoms with van der Waals surface area (Å²) < 4.78 is 13.3. The number of ether oxygens (including phenoxy) is 1. The molecule has 3 aliphatic heterocycles. The molecule has 1 saturated carbocycles. The molecule has 7 rings (SSSR count). The molecule has 0 spiro atoms. The highest BCUT2D eigenvalue weighted by atomic mass is 16.5. The van der Waals surface area contributed by atoms with E-state index in [4.69, 9.17) is 14.1 Å². The first-order valence-corrected chi connectivity index (χ1v) is 13.8. The van der Waals surface area contributed by atoms with Crippen molar-refractivity contribution in [2.75, 3.05) is 19.6 Å². The molecule has 0 amide bonds. The molecule has 1 atom stereocenters. The molecule has 4 fully saturated rings. The molecule has 0 radical (unpaired) electrons. The minimum Gasteiger partial charge on any atom is -0.455 e. The number of aromatic nitrogens is 1. The van der Waals surface area contributed by atoms with Crippen molar-refractivity contribution in [2.24, 2.45) is 5.92 Å². The number of nitrogens with zero attached hydrogens (tertiary/aromatic N) is 2. The summed E-state index contributed by atoms with van der Waals surface area (Å²) in [4.78, 5) is 18.8. The van der Waals surface area contributed by atoms with Gasteiger partial charge in [-0.05, 0) is 30.5 Å². The maximum atomic E-state index is 14.0. The number of benzene rings is 2. The van der Waals surface area contributed by atoms with E-state index < -0.39 is 5.41 Å². The van der Waals surface area contributed by atoms with Gasteiger partial charge < -0.3 is 13.6 Å². The van der Waals surface area contributed by atoms with Crippen LogP contribution in [0.4, 0.5) is 0 Å². The van der Waals surface area contributed by atoms with E-state index in [0.717, 1.165) is 86.0 Å². The molecule has 4 heterocycles. The van der Waals surface area contributed by atoms with Crippen LogP contribution in [0.1, 0.15) is 62.6 Å². The zero-order chi connectivity index (χ0) is 24.4. The molecule has 1 aromatic heterocycles. The van der Waals surface area contributed by atoms with Crippen LogP contribution in [0.2, 0.25) is 0 Å². The van der Waals surface area contributed by atoms with Crippen molar-refractivity contribution in [1.29, 1.82) is 0 Å². The largest absolute Gasteiger partial charge is 0.455 e. The van der Waals surface area contributed by atoms with Crippen molar-refractivity contribution >= 4 is 5.97 Å². The molecule has 3 aromatic rings. The lowest BCUT2D eigenvalue weighted by molar-refractivity contribution is -0.958. The van der Waals surface area contributed by atoms with E-state index in [0.29, 0.717) is 11.8 Å². The van der Waals surface area contributed by atoms with Crippen molar-refractivity contribution in [2.45, 2.75) is 69.4 Å². The first kappa shape index (κ1) is 23.5. The van der Waals surface area contributed by atoms with E-state index in [1.54, 1.807) is 0 Å². The third-order valence-electron chi connectivity index (χ3n) is 9.04. The van der Waals surface area contributed by atoms with Crippen LogP contribution in [0, 0.1) is 5.92 Å². The highest BCUT2D eigenvalue weighted by Gasteiger charge is 2.50. The fraction of sp³-hybridized carbons (Fsp3) is 0.484. The Hall–Kier alpha value is -2.92. The summed E-state index contributed by atoms with van der Waals surface area (Å²) >= 11 is 0. The van der Waals surface area contributed by atoms with E-state index in [2.05, 4.69) is 24.3 Å². The van der Waals surface area contributed by atoms with Crippen molar-refractivity contribution < 1.29 is 18.4 Å². The predicted octanol–water partition coefficient (Wildman–Crippen LogP) is 6.29. The summed E-state index contributed by atoms with van der Waals surface area (Å²) in [6.07, 6.45) is 10.4. The third kappa shape index (κ3) is 4.50. The van der Waals surface area contributed by atoms with Gasteiger partial charge in [-0.3, -0.25) is 4.79 Å². The number of rotatable bonds is 6. The molecule has 36 heavy (non-hydrogen) atoms. The molecule has 5 nitrogen and oxygen atoms in total. The lowest BCUT2D eigenvalue weighted by atomic mass is 9.74. The molecule has 0 N–H and O–H groups in total. The van der Waals surface area contributed by atoms with Gasteiger partial charge >= 0.3 is 5.97 Å². The first-order chi connectivity index (χ1) is 17.7. The van der Waals surface area contributed by atoms with Crippen molar-refractivity contribution in [3.05, 3.63) is 78.2 Å². The number of quaternary nitrogens is 1. The van der Waals surface area contributed by atoms with Crippen LogP contribution < -0.4 is 0 Å². The maximum Gasteiger partial charge on any atom is 0.317 e. The van der Waals surface area contributed by atoms with Gasteiger partial charge in [0.05, 0.1) is 18.5 Å². The standard InChI is InChI=1S/C31H37N2O3/c34-30(31(17-9-1-2-10-18-31)26-13-7-4-8-14-26)36-28-22-33(19-15-24(28)16-20-33)21-27-23-35-29(32-27)25-11-5-3-6-12-25/h3-8,11-14,23-24,28H,1-2,9-10,15-22H2/q+1/t24?,28-,33?/m0/s1. The van der Waals surface area contributed by atoms with Gasteiger partial charge in [-0.25, -0.2) is 4.98 Å². The molecule has 3 saturated heterocycles. The molecule has 5 heteroatoms. The maximum absolute atomic E-state index is 14.0. The van der Waals surface area contributed by atoms with Crippen LogP contribution in [-0.4, -0.2) is 41.2 Å². The van der Waals surface area contributed by atoms with Crippen LogP contribution in [0.5, 0.6) is 0 Å². The second-order valence-corrected chi connectivity index (χ2v) is 11.3. The van der Waals surface area contributed by atoms with Crippen LogP contribution in [0.25, 0.3) is 11.5 Å². The molecular weight excluding hydrogens is 448 g/mol. The van der Waals surface area contributed by atoms with Crippen molar-refractivity contribution in [1.82, 2.24) is 4.98 Å². The number of fused-ring (bicyclic) bond motifs is 3. The molecule has 1 aliphatic carbocycles. The summed E-state index contributed by atoms with van der Waals surface area (Å²) in [7, 11) is 0. The second kappa shape index (κ2) is 9.85. The van der Waals surface area contributed by atoms with E-state index in [1.807, 2.05) is 42.7 Å². The van der Waals surface area contributed by atoms with Crippen molar-refractivity contribution in [3.8, 4) is 11.5 Å². The fourth-order valence-electron chi connectivity index (χ4n) is 6.96. The zero-order valence-electron chi connectivity index (χ0n) is 21.1. The van der Waals surface area contributed by atoms with Gasteiger partial charge in [-0.15, -0.1) is 0 Å². The van der Waals surface area contributed by atoms with Crippen molar-refractivity contribution in [3.63, 3.8) is 0 Å². The molecule has 4 aliphatic rings. The second-order valence-electron chi connectivity index (χ2n) is 11.3. The molecule has 188 valence electrons. The van der Waals surface area contributed by atoms with E-state index >= 15 is 0 Å². The third-order valence-corrected chi connectivity index (χ3v) is 9.04. The summed E-state index contributed by atoms with van der Waals surface area (Å²) in [5, 5.41) is 0. The van der Waals surface area contributed by atoms with Gasteiger partial charge in [0, 0.05) is 24.3 Å². The van der Waals surface area contributed by atoms with Gasteiger partial charge in [0.2, 0.25) is 5.89 Å². The van der Waals surface area contributed by atoms with Gasteiger partial charge in [-0.2, -0.15) is 0 Å². The van der Waals surface area contributed by atoms with E-state index in [1.165, 1.54) is 12.8 Å². The quantitative estimate of drug-likeness (QED) is 0.234. The Bertz CT molecular complexity index is 1160. The molecule has 2 bridgehead atoms. The summed E-state index contributed by atoms with van der Waals surface area (Å²) in [5.74, 6) is 1.17. The minimum atomic E-state index is -0.495. The number of hydrogen-bond acceptors (Lipinski definition) is 4. The Morgan fingerprint density at radius 3 is 2.31 bits per heavy atom. The topological polar surface area (TPSA) is 52.3 Å². The predicted molar refractivity (Wildman–Crippen MR) is 139 cm³/mol. The number of hydrogen-bond donors (Lipinski definition) is 0. The van der Waals surface area contributed by atoms with Gasteiger partial charge in [0.15, 0.2) is 6.10 Å². The number of carbonyl (C=O) groups is 1. The van der Waals surface area contributed by atoms with Crippen LogP contribution in [-0.2, 0) is 21.5 Å². The average molecular weight is 486 g/mol. The fourth-order valence-corrected chi connectivity index (χ4v) is 6.96. The Morgan fingerprint density at radius 2 is 1.61 bits per heavy atom. The molecular formula is C31H37N2O3+. The van der Waals surface area contributed by atoms with Crippen LogP contribution in [0.3, 0.4) is 0 Å². The van der Waals surface area contributed by atoms with Gasteiger partial charge in [0.25, 0.3) is 0 Å². The van der Waals surface area contributed by atoms with E-state index in [-0.39, 0.29) is 12.1 Å².